The van der Waals surface area contributed by atoms with E-state index in [2.05, 4.69) is 41.4 Å². The van der Waals surface area contributed by atoms with Gasteiger partial charge in [-0.05, 0) is 35.7 Å². The lowest BCUT2D eigenvalue weighted by atomic mass is 10.1. The van der Waals surface area contributed by atoms with Gasteiger partial charge in [0.25, 0.3) is 0 Å². The molecule has 2 aromatic rings. The lowest BCUT2D eigenvalue weighted by Gasteiger charge is -2.35. The first-order chi connectivity index (χ1) is 13.6. The van der Waals surface area contributed by atoms with Crippen molar-refractivity contribution < 1.29 is 14.3 Å². The van der Waals surface area contributed by atoms with Gasteiger partial charge in [-0.3, -0.25) is 4.90 Å². The molecule has 2 aromatic carbocycles. The van der Waals surface area contributed by atoms with E-state index < -0.39 is 0 Å². The fourth-order valence-corrected chi connectivity index (χ4v) is 3.42. The van der Waals surface area contributed by atoms with Crippen LogP contribution in [0.25, 0.3) is 0 Å². The van der Waals surface area contributed by atoms with E-state index in [0.29, 0.717) is 18.0 Å². The zero-order chi connectivity index (χ0) is 19.9. The fraction of sp³-hybridized carbons (Fsp3) is 0.409. The number of hydrogen-bond acceptors (Lipinski definition) is 4. The van der Waals surface area contributed by atoms with Crippen LogP contribution in [0.2, 0.25) is 0 Å². The quantitative estimate of drug-likeness (QED) is 0.833. The van der Waals surface area contributed by atoms with Crippen molar-refractivity contribution in [2.45, 2.75) is 20.0 Å². The minimum Gasteiger partial charge on any atom is -0.493 e. The van der Waals surface area contributed by atoms with Gasteiger partial charge in [0.1, 0.15) is 0 Å². The topological polar surface area (TPSA) is 54.0 Å². The van der Waals surface area contributed by atoms with Gasteiger partial charge in [0, 0.05) is 39.3 Å². The zero-order valence-corrected chi connectivity index (χ0v) is 16.9. The number of carbonyl (C=O) groups excluding carboxylic acids is 1. The molecule has 0 spiro atoms. The number of nitrogens with zero attached hydrogens (tertiary/aromatic N) is 2. The first-order valence-corrected chi connectivity index (χ1v) is 9.61. The van der Waals surface area contributed by atoms with Gasteiger partial charge in [0.15, 0.2) is 11.5 Å². The molecule has 2 amide bonds. The largest absolute Gasteiger partial charge is 0.493 e. The van der Waals surface area contributed by atoms with Crippen molar-refractivity contribution in [2.75, 3.05) is 40.4 Å². The van der Waals surface area contributed by atoms with E-state index in [0.717, 1.165) is 38.3 Å². The maximum absolute atomic E-state index is 12.5. The van der Waals surface area contributed by atoms with Gasteiger partial charge in [-0.1, -0.05) is 30.3 Å². The van der Waals surface area contributed by atoms with Crippen molar-refractivity contribution >= 4 is 6.03 Å². The lowest BCUT2D eigenvalue weighted by molar-refractivity contribution is 0.135. The molecule has 1 aliphatic rings. The Morgan fingerprint density at radius 1 is 1.00 bits per heavy atom. The summed E-state index contributed by atoms with van der Waals surface area (Å²) < 4.78 is 10.6. The standard InChI is InChI=1S/C22H29N3O3/c1-17-6-4-5-7-19(17)16-24-10-12-25(13-11-24)22(26)23-15-18-8-9-20(27-2)21(14-18)28-3/h4-9,14H,10-13,15-16H2,1-3H3,(H,23,26). The number of carbonyl (C=O) groups is 1. The van der Waals surface area contributed by atoms with E-state index in [1.54, 1.807) is 14.2 Å². The molecule has 0 aromatic heterocycles. The molecule has 0 unspecified atom stereocenters. The molecule has 6 heteroatoms. The maximum Gasteiger partial charge on any atom is 0.317 e. The van der Waals surface area contributed by atoms with Crippen LogP contribution in [-0.2, 0) is 13.1 Å². The van der Waals surface area contributed by atoms with Crippen LogP contribution in [0, 0.1) is 6.92 Å². The Labute approximate surface area is 167 Å². The van der Waals surface area contributed by atoms with Gasteiger partial charge in [-0.15, -0.1) is 0 Å². The van der Waals surface area contributed by atoms with Gasteiger partial charge >= 0.3 is 6.03 Å². The van der Waals surface area contributed by atoms with Crippen LogP contribution in [0.4, 0.5) is 4.79 Å². The predicted octanol–water partition coefficient (Wildman–Crippen LogP) is 3.04. The average Bonchev–Trinajstić information content (AvgIpc) is 2.74. The summed E-state index contributed by atoms with van der Waals surface area (Å²) in [5.41, 5.74) is 3.65. The summed E-state index contributed by atoms with van der Waals surface area (Å²) in [6, 6.07) is 14.1. The van der Waals surface area contributed by atoms with Crippen molar-refractivity contribution in [3.05, 3.63) is 59.2 Å². The number of hydrogen-bond donors (Lipinski definition) is 1. The summed E-state index contributed by atoms with van der Waals surface area (Å²) in [5, 5.41) is 3.00. The molecule has 1 saturated heterocycles. The van der Waals surface area contributed by atoms with Crippen molar-refractivity contribution in [3.8, 4) is 11.5 Å². The Morgan fingerprint density at radius 2 is 1.71 bits per heavy atom. The number of benzene rings is 2. The normalized spacial score (nSPS) is 14.6. The van der Waals surface area contributed by atoms with Gasteiger partial charge < -0.3 is 19.7 Å². The highest BCUT2D eigenvalue weighted by atomic mass is 16.5. The second-order valence-electron chi connectivity index (χ2n) is 7.04. The molecule has 1 fully saturated rings. The van der Waals surface area contributed by atoms with Crippen molar-refractivity contribution in [1.82, 2.24) is 15.1 Å². The van der Waals surface area contributed by atoms with Crippen LogP contribution in [0.15, 0.2) is 42.5 Å². The molecular formula is C22H29N3O3. The molecule has 0 saturated carbocycles. The van der Waals surface area contributed by atoms with Crippen LogP contribution >= 0.6 is 0 Å². The van der Waals surface area contributed by atoms with Crippen LogP contribution in [0.1, 0.15) is 16.7 Å². The molecule has 1 heterocycles. The first-order valence-electron chi connectivity index (χ1n) is 9.61. The Bertz CT molecular complexity index is 801. The van der Waals surface area contributed by atoms with Crippen molar-refractivity contribution in [1.29, 1.82) is 0 Å². The zero-order valence-electron chi connectivity index (χ0n) is 16.9. The van der Waals surface area contributed by atoms with Crippen LogP contribution < -0.4 is 14.8 Å². The SMILES string of the molecule is COc1ccc(CNC(=O)N2CCN(Cc3ccccc3C)CC2)cc1OC. The Morgan fingerprint density at radius 3 is 2.39 bits per heavy atom. The molecular weight excluding hydrogens is 354 g/mol. The number of urea groups is 1. The summed E-state index contributed by atoms with van der Waals surface area (Å²) in [5.74, 6) is 1.35. The van der Waals surface area contributed by atoms with Gasteiger partial charge in [-0.25, -0.2) is 4.79 Å². The highest BCUT2D eigenvalue weighted by Gasteiger charge is 2.21. The average molecular weight is 383 g/mol. The number of nitrogens with one attached hydrogen (secondary N) is 1. The number of rotatable bonds is 6. The van der Waals surface area contributed by atoms with Crippen LogP contribution in [0.5, 0.6) is 11.5 Å². The first kappa shape index (κ1) is 20.0. The van der Waals surface area contributed by atoms with Crippen molar-refractivity contribution in [3.63, 3.8) is 0 Å². The molecule has 0 aliphatic carbocycles. The van der Waals surface area contributed by atoms with Crippen molar-refractivity contribution in [2.24, 2.45) is 0 Å². The van der Waals surface area contributed by atoms with E-state index in [9.17, 15) is 4.79 Å². The fourth-order valence-electron chi connectivity index (χ4n) is 3.42. The molecule has 0 radical (unpaired) electrons. The number of piperazine rings is 1. The minimum atomic E-state index is -0.0228. The molecule has 28 heavy (non-hydrogen) atoms. The molecule has 6 nitrogen and oxygen atoms in total. The summed E-state index contributed by atoms with van der Waals surface area (Å²) >= 11 is 0. The number of amides is 2. The van der Waals surface area contributed by atoms with E-state index in [1.165, 1.54) is 11.1 Å². The summed E-state index contributed by atoms with van der Waals surface area (Å²) in [7, 11) is 3.22. The van der Waals surface area contributed by atoms with Crippen LogP contribution in [0.3, 0.4) is 0 Å². The monoisotopic (exact) mass is 383 g/mol. The summed E-state index contributed by atoms with van der Waals surface area (Å²) in [6.07, 6.45) is 0. The lowest BCUT2D eigenvalue weighted by Crippen LogP contribution is -2.51. The van der Waals surface area contributed by atoms with Gasteiger partial charge in [0.05, 0.1) is 14.2 Å². The Balaban J connectivity index is 1.47. The summed E-state index contributed by atoms with van der Waals surface area (Å²) in [6.45, 7) is 6.80. The smallest absolute Gasteiger partial charge is 0.317 e. The summed E-state index contributed by atoms with van der Waals surface area (Å²) in [4.78, 5) is 16.8. The Kier molecular flexibility index (Phi) is 6.76. The third-order valence-corrected chi connectivity index (χ3v) is 5.21. The van der Waals surface area contributed by atoms with Gasteiger partial charge in [-0.2, -0.15) is 0 Å². The van der Waals surface area contributed by atoms with E-state index in [1.807, 2.05) is 23.1 Å². The highest BCUT2D eigenvalue weighted by molar-refractivity contribution is 5.74. The number of methoxy groups -OCH3 is 2. The van der Waals surface area contributed by atoms with Gasteiger partial charge in [0.2, 0.25) is 0 Å². The second kappa shape index (κ2) is 9.46. The Hall–Kier alpha value is -2.73. The third kappa shape index (κ3) is 4.95. The molecule has 1 aliphatic heterocycles. The van der Waals surface area contributed by atoms with Crippen LogP contribution in [-0.4, -0.2) is 56.2 Å². The molecule has 150 valence electrons. The van der Waals surface area contributed by atoms with E-state index in [4.69, 9.17) is 9.47 Å². The maximum atomic E-state index is 12.5. The number of aryl methyl sites for hydroxylation is 1. The van der Waals surface area contributed by atoms with E-state index in [-0.39, 0.29) is 6.03 Å². The number of ether oxygens (including phenoxy) is 2. The minimum absolute atomic E-state index is 0.0228. The van der Waals surface area contributed by atoms with E-state index >= 15 is 0 Å². The third-order valence-electron chi connectivity index (χ3n) is 5.21. The molecule has 0 atom stereocenters. The predicted molar refractivity (Wildman–Crippen MR) is 110 cm³/mol. The molecule has 1 N–H and O–H groups in total. The highest BCUT2D eigenvalue weighted by Crippen LogP contribution is 2.27. The molecule has 0 bridgehead atoms. The molecule has 3 rings (SSSR count). The second-order valence-corrected chi connectivity index (χ2v) is 7.04.